The zero-order valence-electron chi connectivity index (χ0n) is 16.2. The van der Waals surface area contributed by atoms with Crippen molar-refractivity contribution in [3.63, 3.8) is 0 Å². The number of fused-ring (bicyclic) bond motifs is 1. The van der Waals surface area contributed by atoms with E-state index in [1.165, 1.54) is 0 Å². The summed E-state index contributed by atoms with van der Waals surface area (Å²) in [5.74, 6) is 1.19. The topological polar surface area (TPSA) is 48.7 Å². The lowest BCUT2D eigenvalue weighted by molar-refractivity contribution is 0.214. The van der Waals surface area contributed by atoms with Crippen LogP contribution in [0.2, 0.25) is 10.0 Å². The van der Waals surface area contributed by atoms with Gasteiger partial charge in [0.25, 0.3) is 0 Å². The van der Waals surface area contributed by atoms with Crippen molar-refractivity contribution >= 4 is 34.2 Å². The lowest BCUT2D eigenvalue weighted by Crippen LogP contribution is -2.15. The van der Waals surface area contributed by atoms with Crippen molar-refractivity contribution in [2.75, 3.05) is 13.2 Å². The molecule has 0 N–H and O–H groups in total. The second-order valence-electron chi connectivity index (χ2n) is 6.75. The number of rotatable bonds is 6. The van der Waals surface area contributed by atoms with E-state index >= 15 is 0 Å². The van der Waals surface area contributed by atoms with Crippen molar-refractivity contribution in [2.45, 2.75) is 6.92 Å². The molecule has 0 spiro atoms. The molecule has 0 bridgehead atoms. The minimum Gasteiger partial charge on any atom is -0.490 e. The van der Waals surface area contributed by atoms with E-state index in [2.05, 4.69) is 0 Å². The van der Waals surface area contributed by atoms with Gasteiger partial charge in [-0.2, -0.15) is 0 Å². The normalized spacial score (nSPS) is 10.9. The van der Waals surface area contributed by atoms with Gasteiger partial charge in [0.1, 0.15) is 24.5 Å². The zero-order valence-corrected chi connectivity index (χ0v) is 17.7. The Kier molecular flexibility index (Phi) is 5.98. The van der Waals surface area contributed by atoms with Gasteiger partial charge in [-0.15, -0.1) is 0 Å². The van der Waals surface area contributed by atoms with Crippen LogP contribution in [0.1, 0.15) is 5.56 Å². The molecule has 1 heterocycles. The predicted octanol–water partition coefficient (Wildman–Crippen LogP) is 6.53. The summed E-state index contributed by atoms with van der Waals surface area (Å²) in [5, 5.41) is 1.39. The highest BCUT2D eigenvalue weighted by atomic mass is 35.5. The van der Waals surface area contributed by atoms with Crippen LogP contribution in [0.4, 0.5) is 0 Å². The van der Waals surface area contributed by atoms with Gasteiger partial charge in [-0.05, 0) is 67.1 Å². The summed E-state index contributed by atoms with van der Waals surface area (Å²) in [5.41, 5.74) is 1.92. The number of hydrogen-bond acceptors (Lipinski definition) is 4. The Bertz CT molecular complexity index is 1250. The monoisotopic (exact) mass is 440 g/mol. The Labute approximate surface area is 183 Å². The highest BCUT2D eigenvalue weighted by Crippen LogP contribution is 2.32. The van der Waals surface area contributed by atoms with Gasteiger partial charge in [0.15, 0.2) is 5.76 Å². The van der Waals surface area contributed by atoms with Gasteiger partial charge in [0, 0.05) is 15.6 Å². The third kappa shape index (κ3) is 4.45. The molecule has 0 aliphatic heterocycles. The number of benzene rings is 3. The lowest BCUT2D eigenvalue weighted by Gasteiger charge is -2.13. The fourth-order valence-electron chi connectivity index (χ4n) is 3.08. The fourth-order valence-corrected chi connectivity index (χ4v) is 3.38. The van der Waals surface area contributed by atoms with Gasteiger partial charge in [-0.1, -0.05) is 35.3 Å². The van der Waals surface area contributed by atoms with Crippen molar-refractivity contribution in [3.05, 3.63) is 92.6 Å². The predicted molar refractivity (Wildman–Crippen MR) is 120 cm³/mol. The van der Waals surface area contributed by atoms with E-state index in [4.69, 9.17) is 37.1 Å². The quantitative estimate of drug-likeness (QED) is 0.319. The van der Waals surface area contributed by atoms with Crippen LogP contribution in [0.5, 0.6) is 11.5 Å². The first-order chi connectivity index (χ1) is 14.5. The molecular weight excluding hydrogens is 423 g/mol. The third-order valence-electron chi connectivity index (χ3n) is 4.51. The van der Waals surface area contributed by atoms with Crippen LogP contribution in [-0.4, -0.2) is 13.2 Å². The molecule has 0 radical (unpaired) electrons. The molecule has 152 valence electrons. The van der Waals surface area contributed by atoms with Crippen LogP contribution in [0.15, 0.2) is 75.9 Å². The number of aryl methyl sites for hydroxylation is 1. The van der Waals surface area contributed by atoms with Crippen LogP contribution < -0.4 is 14.9 Å². The molecule has 0 fully saturated rings. The standard InChI is InChI=1S/C24H18Cl2O4/c1-15-3-2-4-19(13-15)28-11-12-29-24-22(27)20-14-18(26)9-10-21(20)30-23(24)16-5-7-17(25)8-6-16/h2-10,13-14H,11-12H2,1H3. The van der Waals surface area contributed by atoms with E-state index in [-0.39, 0.29) is 24.4 Å². The number of hydrogen-bond donors (Lipinski definition) is 0. The molecule has 4 rings (SSSR count). The molecule has 4 nitrogen and oxygen atoms in total. The maximum absolute atomic E-state index is 13.1. The maximum atomic E-state index is 13.1. The Balaban J connectivity index is 1.65. The summed E-state index contributed by atoms with van der Waals surface area (Å²) in [6, 6.07) is 19.7. The van der Waals surface area contributed by atoms with Gasteiger partial charge in [-0.3, -0.25) is 4.79 Å². The SMILES string of the molecule is Cc1cccc(OCCOc2c(-c3ccc(Cl)cc3)oc3ccc(Cl)cc3c2=O)c1. The molecule has 0 atom stereocenters. The van der Waals surface area contributed by atoms with Crippen molar-refractivity contribution in [1.82, 2.24) is 0 Å². The second kappa shape index (κ2) is 8.82. The van der Waals surface area contributed by atoms with E-state index in [9.17, 15) is 4.79 Å². The van der Waals surface area contributed by atoms with Crippen LogP contribution in [0.3, 0.4) is 0 Å². The summed E-state index contributed by atoms with van der Waals surface area (Å²) in [4.78, 5) is 13.1. The lowest BCUT2D eigenvalue weighted by atomic mass is 10.1. The van der Waals surface area contributed by atoms with E-state index < -0.39 is 0 Å². The van der Waals surface area contributed by atoms with Crippen LogP contribution in [0, 0.1) is 6.92 Å². The average Bonchev–Trinajstić information content (AvgIpc) is 2.73. The van der Waals surface area contributed by atoms with Gasteiger partial charge in [0.05, 0.1) is 5.39 Å². The second-order valence-corrected chi connectivity index (χ2v) is 7.62. The first-order valence-electron chi connectivity index (χ1n) is 9.36. The molecule has 0 saturated carbocycles. The van der Waals surface area contributed by atoms with E-state index in [0.717, 1.165) is 11.3 Å². The van der Waals surface area contributed by atoms with E-state index in [1.807, 2.05) is 31.2 Å². The minimum absolute atomic E-state index is 0.111. The molecule has 4 aromatic rings. The van der Waals surface area contributed by atoms with Crippen molar-refractivity contribution in [3.8, 4) is 22.8 Å². The summed E-state index contributed by atoms with van der Waals surface area (Å²) in [6.07, 6.45) is 0. The largest absolute Gasteiger partial charge is 0.490 e. The molecule has 0 amide bonds. The molecule has 0 aliphatic carbocycles. The number of ether oxygens (including phenoxy) is 2. The Morgan fingerprint density at radius 3 is 2.37 bits per heavy atom. The molecule has 0 aliphatic rings. The molecule has 6 heteroatoms. The molecule has 1 aromatic heterocycles. The maximum Gasteiger partial charge on any atom is 0.235 e. The first kappa shape index (κ1) is 20.3. The van der Waals surface area contributed by atoms with Crippen molar-refractivity contribution < 1.29 is 13.9 Å². The zero-order chi connectivity index (χ0) is 21.1. The summed E-state index contributed by atoms with van der Waals surface area (Å²) in [6.45, 7) is 2.44. The molecule has 3 aromatic carbocycles. The van der Waals surface area contributed by atoms with Gasteiger partial charge in [-0.25, -0.2) is 0 Å². The van der Waals surface area contributed by atoms with Crippen LogP contribution >= 0.6 is 23.2 Å². The summed E-state index contributed by atoms with van der Waals surface area (Å²) in [7, 11) is 0. The smallest absolute Gasteiger partial charge is 0.235 e. The van der Waals surface area contributed by atoms with E-state index in [0.29, 0.717) is 32.3 Å². The Morgan fingerprint density at radius 1 is 0.867 bits per heavy atom. The average molecular weight is 441 g/mol. The fraction of sp³-hybridized carbons (Fsp3) is 0.125. The first-order valence-corrected chi connectivity index (χ1v) is 10.1. The number of halogens is 2. The summed E-state index contributed by atoms with van der Waals surface area (Å²) < 4.78 is 17.6. The third-order valence-corrected chi connectivity index (χ3v) is 4.99. The van der Waals surface area contributed by atoms with Gasteiger partial charge >= 0.3 is 0 Å². The minimum atomic E-state index is -0.292. The van der Waals surface area contributed by atoms with Crippen LogP contribution in [0.25, 0.3) is 22.3 Å². The summed E-state index contributed by atoms with van der Waals surface area (Å²) >= 11 is 12.1. The molecule has 0 saturated heterocycles. The molecular formula is C24H18Cl2O4. The Hall–Kier alpha value is -2.95. The molecule has 30 heavy (non-hydrogen) atoms. The molecule has 0 unspecified atom stereocenters. The van der Waals surface area contributed by atoms with E-state index in [1.54, 1.807) is 42.5 Å². The highest BCUT2D eigenvalue weighted by molar-refractivity contribution is 6.31. The van der Waals surface area contributed by atoms with Crippen molar-refractivity contribution in [1.29, 1.82) is 0 Å². The Morgan fingerprint density at radius 2 is 1.60 bits per heavy atom. The van der Waals surface area contributed by atoms with Crippen LogP contribution in [-0.2, 0) is 0 Å². The van der Waals surface area contributed by atoms with Gasteiger partial charge < -0.3 is 13.9 Å². The van der Waals surface area contributed by atoms with Crippen molar-refractivity contribution in [2.24, 2.45) is 0 Å². The van der Waals surface area contributed by atoms with Gasteiger partial charge in [0.2, 0.25) is 11.2 Å². The highest BCUT2D eigenvalue weighted by Gasteiger charge is 2.18.